The Morgan fingerprint density at radius 1 is 1.16 bits per heavy atom. The number of hydrogen-bond acceptors (Lipinski definition) is 3. The Kier molecular flexibility index (Phi) is 7.86. The quantitative estimate of drug-likeness (QED) is 0.644. The van der Waals surface area contributed by atoms with Gasteiger partial charge in [0, 0.05) is 29.9 Å². The third-order valence-corrected chi connectivity index (χ3v) is 4.89. The second-order valence-electron chi connectivity index (χ2n) is 8.10. The fourth-order valence-electron chi connectivity index (χ4n) is 3.25. The first kappa shape index (κ1) is 24.4. The van der Waals surface area contributed by atoms with Crippen LogP contribution in [0, 0.1) is 26.7 Å². The Morgan fingerprint density at radius 3 is 2.45 bits per heavy atom. The van der Waals surface area contributed by atoms with Gasteiger partial charge in [0.1, 0.15) is 6.54 Å². The number of carbonyl (C=O) groups excluding carboxylic acids is 2. The van der Waals surface area contributed by atoms with E-state index in [2.05, 4.69) is 24.3 Å². The number of amides is 2. The first-order chi connectivity index (χ1) is 14.4. The van der Waals surface area contributed by atoms with E-state index in [9.17, 15) is 22.8 Å². The number of rotatable bonds is 8. The molecule has 1 aromatic carbocycles. The van der Waals surface area contributed by atoms with Crippen molar-refractivity contribution < 1.29 is 22.8 Å². The molecule has 0 unspecified atom stereocenters. The topological polar surface area (TPSA) is 76.0 Å². The molecule has 0 bridgehead atoms. The van der Waals surface area contributed by atoms with Crippen molar-refractivity contribution in [3.05, 3.63) is 46.3 Å². The van der Waals surface area contributed by atoms with Gasteiger partial charge in [0.2, 0.25) is 5.91 Å². The van der Waals surface area contributed by atoms with E-state index in [-0.39, 0.29) is 17.9 Å². The lowest BCUT2D eigenvalue weighted by atomic mass is 10.1. The van der Waals surface area contributed by atoms with Crippen molar-refractivity contribution in [3.8, 4) is 0 Å². The van der Waals surface area contributed by atoms with E-state index in [4.69, 9.17) is 0 Å². The Morgan fingerprint density at radius 2 is 1.84 bits per heavy atom. The van der Waals surface area contributed by atoms with Gasteiger partial charge in [-0.2, -0.15) is 18.3 Å². The molecule has 0 radical (unpaired) electrons. The van der Waals surface area contributed by atoms with Crippen LogP contribution < -0.4 is 10.6 Å². The van der Waals surface area contributed by atoms with Gasteiger partial charge in [0.15, 0.2) is 0 Å². The predicted octanol–water partition coefficient (Wildman–Crippen LogP) is 4.33. The first-order valence-corrected chi connectivity index (χ1v) is 10.2. The van der Waals surface area contributed by atoms with Crippen LogP contribution in [0.2, 0.25) is 0 Å². The summed E-state index contributed by atoms with van der Waals surface area (Å²) in [5.41, 5.74) is 4.12. The minimum Gasteiger partial charge on any atom is -0.343 e. The second kappa shape index (κ2) is 9.98. The molecule has 31 heavy (non-hydrogen) atoms. The van der Waals surface area contributed by atoms with Crippen LogP contribution in [0.1, 0.15) is 53.1 Å². The van der Waals surface area contributed by atoms with Gasteiger partial charge in [-0.25, -0.2) is 0 Å². The van der Waals surface area contributed by atoms with Crippen LogP contribution >= 0.6 is 0 Å². The number of hydrogen-bond donors (Lipinski definition) is 2. The molecule has 0 aliphatic heterocycles. The zero-order valence-electron chi connectivity index (χ0n) is 18.5. The molecule has 0 atom stereocenters. The molecule has 2 N–H and O–H groups in total. The van der Waals surface area contributed by atoms with Crippen LogP contribution in [0.15, 0.2) is 18.2 Å². The summed E-state index contributed by atoms with van der Waals surface area (Å²) in [5.74, 6) is -0.638. The van der Waals surface area contributed by atoms with Crippen LogP contribution in [0.3, 0.4) is 0 Å². The van der Waals surface area contributed by atoms with Crippen LogP contribution in [0.4, 0.5) is 18.9 Å². The molecule has 9 heteroatoms. The van der Waals surface area contributed by atoms with Crippen molar-refractivity contribution >= 4 is 17.5 Å². The summed E-state index contributed by atoms with van der Waals surface area (Å²) < 4.78 is 38.9. The molecule has 0 aliphatic rings. The molecule has 0 saturated heterocycles. The van der Waals surface area contributed by atoms with E-state index in [1.807, 2.05) is 23.8 Å². The minimum atomic E-state index is -4.49. The van der Waals surface area contributed by atoms with Crippen LogP contribution in [0.25, 0.3) is 0 Å². The lowest BCUT2D eigenvalue weighted by molar-refractivity contribution is -0.123. The molecule has 1 aromatic heterocycles. The number of benzene rings is 1. The largest absolute Gasteiger partial charge is 0.405 e. The summed E-state index contributed by atoms with van der Waals surface area (Å²) in [6.07, 6.45) is -3.75. The zero-order valence-corrected chi connectivity index (χ0v) is 18.5. The van der Waals surface area contributed by atoms with Crippen LogP contribution in [-0.2, 0) is 17.8 Å². The molecule has 0 aliphatic carbocycles. The Balaban J connectivity index is 2.03. The first-order valence-electron chi connectivity index (χ1n) is 10.2. The molecule has 0 spiro atoms. The van der Waals surface area contributed by atoms with Gasteiger partial charge in [-0.15, -0.1) is 0 Å². The maximum Gasteiger partial charge on any atom is 0.405 e. The standard InChI is InChI=1S/C22H29F3N4O2/c1-13(2)11-29-16(5)18(15(4)28-29)8-9-20(30)27-19-10-17(7-6-14(19)3)21(31)26-12-22(23,24)25/h6-7,10,13H,8-9,11-12H2,1-5H3,(H,26,31)(H,27,30). The molecule has 2 aromatic rings. The molecule has 1 heterocycles. The maximum atomic E-state index is 12.5. The van der Waals surface area contributed by atoms with Crippen molar-refractivity contribution in [2.24, 2.45) is 5.92 Å². The highest BCUT2D eigenvalue weighted by molar-refractivity contribution is 5.97. The highest BCUT2D eigenvalue weighted by Gasteiger charge is 2.28. The predicted molar refractivity (Wildman–Crippen MR) is 113 cm³/mol. The van der Waals surface area contributed by atoms with E-state index in [0.29, 0.717) is 23.6 Å². The third-order valence-electron chi connectivity index (χ3n) is 4.89. The van der Waals surface area contributed by atoms with E-state index < -0.39 is 18.6 Å². The summed E-state index contributed by atoms with van der Waals surface area (Å²) in [5, 5.41) is 9.14. The Hall–Kier alpha value is -2.84. The molecular formula is C22H29F3N4O2. The van der Waals surface area contributed by atoms with E-state index >= 15 is 0 Å². The fourth-order valence-corrected chi connectivity index (χ4v) is 3.25. The molecule has 0 fully saturated rings. The average molecular weight is 438 g/mol. The Labute approximate surface area is 180 Å². The highest BCUT2D eigenvalue weighted by atomic mass is 19.4. The van der Waals surface area contributed by atoms with Gasteiger partial charge in [-0.05, 0) is 56.4 Å². The van der Waals surface area contributed by atoms with Gasteiger partial charge in [-0.3, -0.25) is 14.3 Å². The van der Waals surface area contributed by atoms with Gasteiger partial charge in [0.05, 0.1) is 5.69 Å². The summed E-state index contributed by atoms with van der Waals surface area (Å²) >= 11 is 0. The number of carbonyl (C=O) groups is 2. The molecule has 170 valence electrons. The van der Waals surface area contributed by atoms with Crippen molar-refractivity contribution in [2.45, 2.75) is 60.2 Å². The Bertz CT molecular complexity index is 949. The minimum absolute atomic E-state index is 0.0480. The number of aryl methyl sites for hydroxylation is 2. The summed E-state index contributed by atoms with van der Waals surface area (Å²) in [7, 11) is 0. The van der Waals surface area contributed by atoms with Crippen molar-refractivity contribution in [1.82, 2.24) is 15.1 Å². The summed E-state index contributed by atoms with van der Waals surface area (Å²) in [6.45, 7) is 9.28. The van der Waals surface area contributed by atoms with Gasteiger partial charge >= 0.3 is 6.18 Å². The van der Waals surface area contributed by atoms with Gasteiger partial charge < -0.3 is 10.6 Å². The maximum absolute atomic E-state index is 12.5. The van der Waals surface area contributed by atoms with Crippen molar-refractivity contribution in [3.63, 3.8) is 0 Å². The lowest BCUT2D eigenvalue weighted by Crippen LogP contribution is -2.33. The van der Waals surface area contributed by atoms with E-state index in [0.717, 1.165) is 23.5 Å². The number of nitrogens with one attached hydrogen (secondary N) is 2. The zero-order chi connectivity index (χ0) is 23.3. The molecule has 2 rings (SSSR count). The smallest absolute Gasteiger partial charge is 0.343 e. The van der Waals surface area contributed by atoms with Gasteiger partial charge in [-0.1, -0.05) is 19.9 Å². The fraction of sp³-hybridized carbons (Fsp3) is 0.500. The SMILES string of the molecule is Cc1ccc(C(=O)NCC(F)(F)F)cc1NC(=O)CCc1c(C)nn(CC(C)C)c1C. The van der Waals surface area contributed by atoms with Crippen molar-refractivity contribution in [1.29, 1.82) is 0 Å². The number of anilines is 1. The van der Waals surface area contributed by atoms with Crippen molar-refractivity contribution in [2.75, 3.05) is 11.9 Å². The normalized spacial score (nSPS) is 11.6. The van der Waals surface area contributed by atoms with E-state index in [1.165, 1.54) is 12.1 Å². The average Bonchev–Trinajstić information content (AvgIpc) is 2.91. The monoisotopic (exact) mass is 438 g/mol. The van der Waals surface area contributed by atoms with Crippen LogP contribution in [-0.4, -0.2) is 34.3 Å². The number of alkyl halides is 3. The number of halogens is 3. The summed E-state index contributed by atoms with van der Waals surface area (Å²) in [4.78, 5) is 24.5. The lowest BCUT2D eigenvalue weighted by Gasteiger charge is -2.12. The molecule has 0 saturated carbocycles. The highest BCUT2D eigenvalue weighted by Crippen LogP contribution is 2.20. The third kappa shape index (κ3) is 7.11. The van der Waals surface area contributed by atoms with Crippen LogP contribution in [0.5, 0.6) is 0 Å². The second-order valence-corrected chi connectivity index (χ2v) is 8.10. The number of aromatic nitrogens is 2. The van der Waals surface area contributed by atoms with E-state index in [1.54, 1.807) is 13.0 Å². The van der Waals surface area contributed by atoms with Gasteiger partial charge in [0.25, 0.3) is 5.91 Å². The molecule has 2 amide bonds. The summed E-state index contributed by atoms with van der Waals surface area (Å²) in [6, 6.07) is 4.39. The molecular weight excluding hydrogens is 409 g/mol. The number of nitrogens with zero attached hydrogens (tertiary/aromatic N) is 2. The molecule has 6 nitrogen and oxygen atoms in total.